The first-order valence-electron chi connectivity index (χ1n) is 10.0. The van der Waals surface area contributed by atoms with Gasteiger partial charge in [-0.15, -0.1) is 10.2 Å². The Morgan fingerprint density at radius 2 is 1.85 bits per heavy atom. The topological polar surface area (TPSA) is 58.1 Å². The lowest BCUT2D eigenvalue weighted by atomic mass is 9.90. The number of piperidine rings is 1. The van der Waals surface area contributed by atoms with Gasteiger partial charge in [0.15, 0.2) is 11.5 Å². The van der Waals surface area contributed by atoms with Crippen LogP contribution in [0, 0.1) is 11.8 Å². The number of benzene rings is 1. The van der Waals surface area contributed by atoms with Crippen LogP contribution < -0.4 is 10.2 Å². The fourth-order valence-corrected chi connectivity index (χ4v) is 3.49. The number of aromatic nitrogens is 2. The van der Waals surface area contributed by atoms with Crippen molar-refractivity contribution in [2.45, 2.75) is 39.5 Å². The summed E-state index contributed by atoms with van der Waals surface area (Å²) in [5, 5.41) is 11.3. The Bertz CT molecular complexity index is 707. The maximum atomic E-state index is 12.1. The van der Waals surface area contributed by atoms with Gasteiger partial charge in [-0.25, -0.2) is 0 Å². The minimum atomic E-state index is -0.142. The first-order chi connectivity index (χ1) is 13.1. The zero-order chi connectivity index (χ0) is 19.1. The largest absolute Gasteiger partial charge is 0.355 e. The fraction of sp³-hybridized carbons (Fsp3) is 0.500. The van der Waals surface area contributed by atoms with Crippen LogP contribution in [0.4, 0.5) is 5.82 Å². The summed E-state index contributed by atoms with van der Waals surface area (Å²) < 4.78 is 0. The molecule has 1 aliphatic rings. The van der Waals surface area contributed by atoms with E-state index in [-0.39, 0.29) is 5.91 Å². The smallest absolute Gasteiger partial charge is 0.271 e. The van der Waals surface area contributed by atoms with Crippen LogP contribution >= 0.6 is 0 Å². The maximum Gasteiger partial charge on any atom is 0.271 e. The van der Waals surface area contributed by atoms with E-state index in [1.54, 1.807) is 6.07 Å². The van der Waals surface area contributed by atoms with E-state index >= 15 is 0 Å². The average molecular weight is 367 g/mol. The minimum Gasteiger partial charge on any atom is -0.355 e. The van der Waals surface area contributed by atoms with E-state index in [2.05, 4.69) is 64.6 Å². The molecule has 0 radical (unpaired) electrons. The fourth-order valence-electron chi connectivity index (χ4n) is 3.49. The van der Waals surface area contributed by atoms with Gasteiger partial charge in [0.25, 0.3) is 5.91 Å². The summed E-state index contributed by atoms with van der Waals surface area (Å²) in [4.78, 5) is 14.4. The van der Waals surface area contributed by atoms with Crippen LogP contribution in [0.25, 0.3) is 0 Å². The van der Waals surface area contributed by atoms with Crippen LogP contribution in [0.5, 0.6) is 0 Å². The predicted octanol–water partition coefficient (Wildman–Crippen LogP) is 3.71. The minimum absolute atomic E-state index is 0.142. The highest BCUT2D eigenvalue weighted by atomic mass is 16.1. The van der Waals surface area contributed by atoms with Gasteiger partial charge in [0.1, 0.15) is 0 Å². The molecule has 1 N–H and O–H groups in total. The monoisotopic (exact) mass is 366 g/mol. The Morgan fingerprint density at radius 1 is 1.11 bits per heavy atom. The van der Waals surface area contributed by atoms with E-state index in [4.69, 9.17) is 0 Å². The second kappa shape index (κ2) is 9.49. The lowest BCUT2D eigenvalue weighted by Gasteiger charge is -2.32. The molecule has 2 aromatic rings. The molecule has 1 saturated heterocycles. The first-order valence-corrected chi connectivity index (χ1v) is 10.0. The van der Waals surface area contributed by atoms with Crippen molar-refractivity contribution in [1.29, 1.82) is 0 Å². The number of hydrogen-bond donors (Lipinski definition) is 1. The van der Waals surface area contributed by atoms with E-state index < -0.39 is 0 Å². The van der Waals surface area contributed by atoms with Crippen molar-refractivity contribution in [3.05, 3.63) is 53.7 Å². The van der Waals surface area contributed by atoms with Gasteiger partial charge in [-0.2, -0.15) is 0 Å². The highest BCUT2D eigenvalue weighted by molar-refractivity contribution is 5.92. The van der Waals surface area contributed by atoms with Gasteiger partial charge in [-0.1, -0.05) is 44.2 Å². The Labute approximate surface area is 162 Å². The third-order valence-electron chi connectivity index (χ3n) is 5.20. The second-order valence-electron chi connectivity index (χ2n) is 7.84. The van der Waals surface area contributed by atoms with Crippen molar-refractivity contribution in [3.8, 4) is 0 Å². The molecular weight excluding hydrogens is 336 g/mol. The lowest BCUT2D eigenvalue weighted by molar-refractivity contribution is 0.0946. The number of rotatable bonds is 7. The number of amides is 1. The van der Waals surface area contributed by atoms with Gasteiger partial charge in [0.05, 0.1) is 0 Å². The van der Waals surface area contributed by atoms with Crippen molar-refractivity contribution in [2.24, 2.45) is 11.8 Å². The van der Waals surface area contributed by atoms with Gasteiger partial charge in [0.2, 0.25) is 0 Å². The SMILES string of the molecule is CC(C)CCNC(=O)c1ccc(N2CCC(Cc3ccccc3)CC2)nn1. The third-order valence-corrected chi connectivity index (χ3v) is 5.20. The molecule has 1 aromatic carbocycles. The van der Waals surface area contributed by atoms with Crippen LogP contribution in [-0.2, 0) is 6.42 Å². The van der Waals surface area contributed by atoms with Gasteiger partial charge >= 0.3 is 0 Å². The van der Waals surface area contributed by atoms with Crippen molar-refractivity contribution in [3.63, 3.8) is 0 Å². The molecule has 5 nitrogen and oxygen atoms in total. The molecule has 1 aliphatic heterocycles. The predicted molar refractivity (Wildman–Crippen MR) is 109 cm³/mol. The molecule has 0 aliphatic carbocycles. The third kappa shape index (κ3) is 5.78. The summed E-state index contributed by atoms with van der Waals surface area (Å²) in [6.45, 7) is 6.95. The molecule has 0 unspecified atom stereocenters. The van der Waals surface area contributed by atoms with E-state index in [1.807, 2.05) is 6.07 Å². The summed E-state index contributed by atoms with van der Waals surface area (Å²) in [5.74, 6) is 2.02. The zero-order valence-electron chi connectivity index (χ0n) is 16.4. The van der Waals surface area contributed by atoms with E-state index in [1.165, 1.54) is 5.56 Å². The number of nitrogens with zero attached hydrogens (tertiary/aromatic N) is 3. The van der Waals surface area contributed by atoms with Crippen molar-refractivity contribution >= 4 is 11.7 Å². The molecule has 1 amide bonds. The van der Waals surface area contributed by atoms with Crippen LogP contribution in [0.3, 0.4) is 0 Å². The molecule has 1 fully saturated rings. The highest BCUT2D eigenvalue weighted by Gasteiger charge is 2.21. The van der Waals surface area contributed by atoms with E-state index in [0.717, 1.165) is 50.5 Å². The summed E-state index contributed by atoms with van der Waals surface area (Å²) in [5.41, 5.74) is 1.81. The summed E-state index contributed by atoms with van der Waals surface area (Å²) in [6.07, 6.45) is 4.44. The molecule has 3 rings (SSSR count). The van der Waals surface area contributed by atoms with Gasteiger partial charge in [-0.05, 0) is 55.2 Å². The number of hydrogen-bond acceptors (Lipinski definition) is 4. The Balaban J connectivity index is 1.47. The standard InChI is InChI=1S/C22H30N4O/c1-17(2)10-13-23-22(27)20-8-9-21(25-24-20)26-14-11-19(12-15-26)16-18-6-4-3-5-7-18/h3-9,17,19H,10-16H2,1-2H3,(H,23,27). The number of nitrogens with one attached hydrogen (secondary N) is 1. The molecule has 0 atom stereocenters. The molecule has 0 bridgehead atoms. The zero-order valence-corrected chi connectivity index (χ0v) is 16.4. The van der Waals surface area contributed by atoms with Crippen LogP contribution in [0.2, 0.25) is 0 Å². The average Bonchev–Trinajstić information content (AvgIpc) is 2.69. The van der Waals surface area contributed by atoms with Crippen LogP contribution in [-0.4, -0.2) is 35.7 Å². The molecule has 144 valence electrons. The summed E-state index contributed by atoms with van der Waals surface area (Å²) in [7, 11) is 0. The van der Waals surface area contributed by atoms with Gasteiger partial charge in [0, 0.05) is 19.6 Å². The lowest BCUT2D eigenvalue weighted by Crippen LogP contribution is -2.35. The van der Waals surface area contributed by atoms with Crippen LogP contribution in [0.1, 0.15) is 49.2 Å². The molecule has 2 heterocycles. The van der Waals surface area contributed by atoms with E-state index in [9.17, 15) is 4.79 Å². The molecule has 1 aromatic heterocycles. The van der Waals surface area contributed by atoms with Crippen LogP contribution in [0.15, 0.2) is 42.5 Å². The first kappa shape index (κ1) is 19.3. The quantitative estimate of drug-likeness (QED) is 0.811. The van der Waals surface area contributed by atoms with Crippen molar-refractivity contribution in [1.82, 2.24) is 15.5 Å². The number of carbonyl (C=O) groups is 1. The normalized spacial score (nSPS) is 15.1. The van der Waals surface area contributed by atoms with Crippen molar-refractivity contribution in [2.75, 3.05) is 24.5 Å². The Morgan fingerprint density at radius 3 is 2.48 bits per heavy atom. The van der Waals surface area contributed by atoms with E-state index in [0.29, 0.717) is 18.2 Å². The second-order valence-corrected chi connectivity index (χ2v) is 7.84. The summed E-state index contributed by atoms with van der Waals surface area (Å²) in [6, 6.07) is 14.4. The number of anilines is 1. The maximum absolute atomic E-state index is 12.1. The Hall–Kier alpha value is -2.43. The van der Waals surface area contributed by atoms with Crippen molar-refractivity contribution < 1.29 is 4.79 Å². The van der Waals surface area contributed by atoms with Gasteiger partial charge < -0.3 is 10.2 Å². The molecule has 0 spiro atoms. The Kier molecular flexibility index (Phi) is 6.80. The highest BCUT2D eigenvalue weighted by Crippen LogP contribution is 2.24. The molecule has 0 saturated carbocycles. The number of carbonyl (C=O) groups excluding carboxylic acids is 1. The van der Waals surface area contributed by atoms with Gasteiger partial charge in [-0.3, -0.25) is 4.79 Å². The molecule has 5 heteroatoms. The molecular formula is C22H30N4O. The molecule has 27 heavy (non-hydrogen) atoms. The summed E-state index contributed by atoms with van der Waals surface area (Å²) >= 11 is 0.